The lowest BCUT2D eigenvalue weighted by Crippen LogP contribution is -2.47. The number of aliphatic hydroxyl groups is 2. The van der Waals surface area contributed by atoms with Crippen molar-refractivity contribution in [2.45, 2.75) is 24.5 Å². The Hall–Kier alpha value is -0.660. The van der Waals surface area contributed by atoms with E-state index in [4.69, 9.17) is 9.47 Å². The molecule has 0 aromatic heterocycles. The van der Waals surface area contributed by atoms with Crippen LogP contribution < -0.4 is 10.1 Å². The van der Waals surface area contributed by atoms with Crippen LogP contribution in [-0.2, 0) is 4.74 Å². The molecule has 118 valence electrons. The molecule has 1 aliphatic heterocycles. The van der Waals surface area contributed by atoms with E-state index in [2.05, 4.69) is 21.2 Å². The first-order valence-electron chi connectivity index (χ1n) is 7.15. The minimum absolute atomic E-state index is 0.213. The molecule has 0 amide bonds. The molecule has 1 unspecified atom stereocenters. The SMILES string of the molecule is OC(CNCC1(O)CCOCC1)COc1cccc(Br)c1. The number of ether oxygens (including phenoxy) is 2. The zero-order chi connectivity index (χ0) is 15.1. The zero-order valence-electron chi connectivity index (χ0n) is 11.9. The van der Waals surface area contributed by atoms with Crippen molar-refractivity contribution in [1.82, 2.24) is 5.32 Å². The van der Waals surface area contributed by atoms with Crippen molar-refractivity contribution >= 4 is 15.9 Å². The van der Waals surface area contributed by atoms with E-state index < -0.39 is 11.7 Å². The monoisotopic (exact) mass is 359 g/mol. The van der Waals surface area contributed by atoms with Crippen LogP contribution in [-0.4, -0.2) is 54.8 Å². The summed E-state index contributed by atoms with van der Waals surface area (Å²) in [6, 6.07) is 7.49. The Morgan fingerprint density at radius 3 is 2.86 bits per heavy atom. The molecule has 0 radical (unpaired) electrons. The van der Waals surface area contributed by atoms with Crippen molar-refractivity contribution in [3.05, 3.63) is 28.7 Å². The quantitative estimate of drug-likeness (QED) is 0.684. The number of benzene rings is 1. The van der Waals surface area contributed by atoms with Crippen LogP contribution in [0.15, 0.2) is 28.7 Å². The van der Waals surface area contributed by atoms with Gasteiger partial charge in [-0.2, -0.15) is 0 Å². The molecule has 1 aromatic carbocycles. The Labute approximate surface area is 133 Å². The number of hydrogen-bond acceptors (Lipinski definition) is 5. The van der Waals surface area contributed by atoms with Crippen LogP contribution in [0.5, 0.6) is 5.75 Å². The molecule has 0 bridgehead atoms. The van der Waals surface area contributed by atoms with Gasteiger partial charge in [0.15, 0.2) is 0 Å². The van der Waals surface area contributed by atoms with Gasteiger partial charge in [0.25, 0.3) is 0 Å². The van der Waals surface area contributed by atoms with Crippen LogP contribution in [0.2, 0.25) is 0 Å². The van der Waals surface area contributed by atoms with Crippen LogP contribution in [0, 0.1) is 0 Å². The van der Waals surface area contributed by atoms with Crippen molar-refractivity contribution in [3.8, 4) is 5.75 Å². The highest BCUT2D eigenvalue weighted by molar-refractivity contribution is 9.10. The lowest BCUT2D eigenvalue weighted by molar-refractivity contribution is -0.0626. The zero-order valence-corrected chi connectivity index (χ0v) is 13.5. The Morgan fingerprint density at radius 1 is 1.38 bits per heavy atom. The number of halogens is 1. The van der Waals surface area contributed by atoms with E-state index in [-0.39, 0.29) is 6.61 Å². The van der Waals surface area contributed by atoms with Gasteiger partial charge in [-0.3, -0.25) is 0 Å². The van der Waals surface area contributed by atoms with E-state index in [0.29, 0.717) is 44.9 Å². The Morgan fingerprint density at radius 2 is 2.14 bits per heavy atom. The number of hydrogen-bond donors (Lipinski definition) is 3. The second-order valence-electron chi connectivity index (χ2n) is 5.39. The Balaban J connectivity index is 1.64. The van der Waals surface area contributed by atoms with Crippen molar-refractivity contribution in [1.29, 1.82) is 0 Å². The highest BCUT2D eigenvalue weighted by Gasteiger charge is 2.29. The number of nitrogens with one attached hydrogen (secondary N) is 1. The van der Waals surface area contributed by atoms with Gasteiger partial charge in [0.1, 0.15) is 18.5 Å². The summed E-state index contributed by atoms with van der Waals surface area (Å²) in [7, 11) is 0. The maximum Gasteiger partial charge on any atom is 0.120 e. The number of aliphatic hydroxyl groups excluding tert-OH is 1. The predicted octanol–water partition coefficient (Wildman–Crippen LogP) is 1.32. The van der Waals surface area contributed by atoms with Crippen molar-refractivity contribution in [2.24, 2.45) is 0 Å². The predicted molar refractivity (Wildman–Crippen MR) is 83.5 cm³/mol. The molecule has 1 aromatic rings. The largest absolute Gasteiger partial charge is 0.491 e. The smallest absolute Gasteiger partial charge is 0.120 e. The summed E-state index contributed by atoms with van der Waals surface area (Å²) in [5.74, 6) is 0.714. The fourth-order valence-corrected chi connectivity index (χ4v) is 2.59. The van der Waals surface area contributed by atoms with Crippen LogP contribution in [0.1, 0.15) is 12.8 Å². The normalized spacial score (nSPS) is 19.2. The minimum Gasteiger partial charge on any atom is -0.491 e. The first-order valence-corrected chi connectivity index (χ1v) is 7.94. The molecule has 0 aliphatic carbocycles. The van der Waals surface area contributed by atoms with E-state index >= 15 is 0 Å². The molecule has 21 heavy (non-hydrogen) atoms. The first-order chi connectivity index (χ1) is 10.1. The minimum atomic E-state index is -0.719. The second-order valence-corrected chi connectivity index (χ2v) is 6.31. The van der Waals surface area contributed by atoms with E-state index in [1.165, 1.54) is 0 Å². The lowest BCUT2D eigenvalue weighted by atomic mass is 9.94. The standard InChI is InChI=1S/C15H22BrNO4/c16-12-2-1-3-14(8-12)21-10-13(18)9-17-11-15(19)4-6-20-7-5-15/h1-3,8,13,17-19H,4-7,9-11H2. The third-order valence-electron chi connectivity index (χ3n) is 3.50. The van der Waals surface area contributed by atoms with Crippen molar-refractivity contribution in [3.63, 3.8) is 0 Å². The van der Waals surface area contributed by atoms with Gasteiger partial charge in [-0.1, -0.05) is 22.0 Å². The third-order valence-corrected chi connectivity index (χ3v) is 3.99. The van der Waals surface area contributed by atoms with E-state index in [1.807, 2.05) is 24.3 Å². The maximum absolute atomic E-state index is 10.3. The molecule has 1 fully saturated rings. The van der Waals surface area contributed by atoms with E-state index in [0.717, 1.165) is 4.47 Å². The first kappa shape index (κ1) is 16.7. The fourth-order valence-electron chi connectivity index (χ4n) is 2.21. The van der Waals surface area contributed by atoms with Gasteiger partial charge < -0.3 is 25.0 Å². The van der Waals surface area contributed by atoms with Gasteiger partial charge in [0, 0.05) is 43.6 Å². The van der Waals surface area contributed by atoms with E-state index in [9.17, 15) is 10.2 Å². The summed E-state index contributed by atoms with van der Waals surface area (Å²) in [6.45, 7) is 2.24. The molecular weight excluding hydrogens is 338 g/mol. The average molecular weight is 360 g/mol. The van der Waals surface area contributed by atoms with Gasteiger partial charge in [-0.15, -0.1) is 0 Å². The van der Waals surface area contributed by atoms with Gasteiger partial charge in [0.05, 0.1) is 5.60 Å². The molecule has 6 heteroatoms. The maximum atomic E-state index is 10.3. The fraction of sp³-hybridized carbons (Fsp3) is 0.600. The molecule has 2 rings (SSSR count). The van der Waals surface area contributed by atoms with Crippen LogP contribution in [0.4, 0.5) is 0 Å². The van der Waals surface area contributed by atoms with E-state index in [1.54, 1.807) is 0 Å². The summed E-state index contributed by atoms with van der Waals surface area (Å²) >= 11 is 3.37. The molecule has 1 atom stereocenters. The van der Waals surface area contributed by atoms with Crippen LogP contribution >= 0.6 is 15.9 Å². The molecule has 0 saturated carbocycles. The van der Waals surface area contributed by atoms with Crippen LogP contribution in [0.3, 0.4) is 0 Å². The van der Waals surface area contributed by atoms with Crippen molar-refractivity contribution < 1.29 is 19.7 Å². The topological polar surface area (TPSA) is 71.0 Å². The number of rotatable bonds is 7. The van der Waals surface area contributed by atoms with Crippen molar-refractivity contribution in [2.75, 3.05) is 32.9 Å². The summed E-state index contributed by atoms with van der Waals surface area (Å²) in [5, 5.41) is 23.2. The summed E-state index contributed by atoms with van der Waals surface area (Å²) in [4.78, 5) is 0. The molecule has 1 saturated heterocycles. The molecule has 1 aliphatic rings. The highest BCUT2D eigenvalue weighted by atomic mass is 79.9. The molecule has 1 heterocycles. The van der Waals surface area contributed by atoms with Gasteiger partial charge in [-0.05, 0) is 18.2 Å². The molecule has 5 nitrogen and oxygen atoms in total. The Kier molecular flexibility index (Phi) is 6.44. The average Bonchev–Trinajstić information content (AvgIpc) is 2.46. The summed E-state index contributed by atoms with van der Waals surface area (Å²) in [6.07, 6.45) is 0.641. The second kappa shape index (κ2) is 8.10. The lowest BCUT2D eigenvalue weighted by Gasteiger charge is -2.32. The van der Waals surface area contributed by atoms with Gasteiger partial charge in [0.2, 0.25) is 0 Å². The van der Waals surface area contributed by atoms with Crippen LogP contribution in [0.25, 0.3) is 0 Å². The summed E-state index contributed by atoms with van der Waals surface area (Å²) in [5.41, 5.74) is -0.719. The highest BCUT2D eigenvalue weighted by Crippen LogP contribution is 2.19. The third kappa shape index (κ3) is 5.92. The molecule has 3 N–H and O–H groups in total. The molecular formula is C15H22BrNO4. The Bertz CT molecular complexity index is 437. The van der Waals surface area contributed by atoms with Gasteiger partial charge >= 0.3 is 0 Å². The summed E-state index contributed by atoms with van der Waals surface area (Å²) < 4.78 is 11.7. The molecule has 0 spiro atoms. The van der Waals surface area contributed by atoms with Gasteiger partial charge in [-0.25, -0.2) is 0 Å².